The van der Waals surface area contributed by atoms with Gasteiger partial charge in [-0.05, 0) is 62.6 Å². The van der Waals surface area contributed by atoms with Gasteiger partial charge in [0.2, 0.25) is 0 Å². The third-order valence-electron chi connectivity index (χ3n) is 4.56. The van der Waals surface area contributed by atoms with E-state index in [9.17, 15) is 14.4 Å². The van der Waals surface area contributed by atoms with Crippen molar-refractivity contribution >= 4 is 29.6 Å². The minimum absolute atomic E-state index is 0.0630. The fourth-order valence-electron chi connectivity index (χ4n) is 2.86. The van der Waals surface area contributed by atoms with E-state index in [1.165, 1.54) is 6.08 Å². The molecule has 0 aliphatic carbocycles. The lowest BCUT2D eigenvalue weighted by Crippen LogP contribution is -2.54. The summed E-state index contributed by atoms with van der Waals surface area (Å²) in [6.07, 6.45) is 5.26. The third kappa shape index (κ3) is 3.06. The van der Waals surface area contributed by atoms with Gasteiger partial charge < -0.3 is 4.57 Å². The van der Waals surface area contributed by atoms with Crippen molar-refractivity contribution in [3.63, 3.8) is 0 Å². The first-order valence-electron chi connectivity index (χ1n) is 8.44. The van der Waals surface area contributed by atoms with E-state index in [1.807, 2.05) is 56.8 Å². The van der Waals surface area contributed by atoms with E-state index >= 15 is 0 Å². The molecule has 1 aliphatic heterocycles. The van der Waals surface area contributed by atoms with Crippen LogP contribution in [0.3, 0.4) is 0 Å². The molecule has 1 aromatic heterocycles. The molecular formula is C20H21N3O3. The van der Waals surface area contributed by atoms with Crippen molar-refractivity contribution < 1.29 is 14.4 Å². The van der Waals surface area contributed by atoms with Gasteiger partial charge in [0.1, 0.15) is 5.57 Å². The number of carbonyl (C=O) groups excluding carboxylic acids is 3. The molecule has 0 radical (unpaired) electrons. The van der Waals surface area contributed by atoms with Crippen LogP contribution in [0.25, 0.3) is 6.08 Å². The van der Waals surface area contributed by atoms with Crippen molar-refractivity contribution in [1.29, 1.82) is 0 Å². The van der Waals surface area contributed by atoms with Crippen molar-refractivity contribution in [2.45, 2.75) is 33.7 Å². The highest BCUT2D eigenvalue weighted by Crippen LogP contribution is 2.27. The van der Waals surface area contributed by atoms with Crippen molar-refractivity contribution in [2.24, 2.45) is 0 Å². The fourth-order valence-corrected chi connectivity index (χ4v) is 2.86. The number of carbonyl (C=O) groups is 3. The molecule has 2 aromatic rings. The number of aryl methyl sites for hydroxylation is 1. The number of benzene rings is 1. The molecule has 0 atom stereocenters. The van der Waals surface area contributed by atoms with E-state index < -0.39 is 17.8 Å². The van der Waals surface area contributed by atoms with Crippen LogP contribution in [0.15, 0.2) is 42.2 Å². The summed E-state index contributed by atoms with van der Waals surface area (Å²) in [7, 11) is 0. The van der Waals surface area contributed by atoms with Crippen LogP contribution in [0, 0.1) is 13.8 Å². The number of imide groups is 2. The van der Waals surface area contributed by atoms with Crippen LogP contribution < -0.4 is 10.2 Å². The van der Waals surface area contributed by atoms with Crippen molar-refractivity contribution in [1.82, 2.24) is 9.88 Å². The van der Waals surface area contributed by atoms with E-state index in [0.29, 0.717) is 5.69 Å². The Kier molecular flexibility index (Phi) is 4.50. The Balaban J connectivity index is 2.02. The van der Waals surface area contributed by atoms with Gasteiger partial charge in [-0.3, -0.25) is 14.9 Å². The fraction of sp³-hybridized carbons (Fsp3) is 0.250. The maximum atomic E-state index is 12.9. The standard InChI is InChI=1S/C20H21N3O3/c1-12(2)22-9-8-15(11-22)10-16-18(24)21-20(26)23(19(16)25)17-7-5-6-13(3)14(17)4/h5-12H,1-4H3,(H,21,24,26)/b16-10-. The molecule has 4 amide bonds. The number of hydrogen-bond acceptors (Lipinski definition) is 3. The molecule has 0 spiro atoms. The predicted molar refractivity (Wildman–Crippen MR) is 99.7 cm³/mol. The van der Waals surface area contributed by atoms with Gasteiger partial charge >= 0.3 is 6.03 Å². The molecule has 1 N–H and O–H groups in total. The van der Waals surface area contributed by atoms with Gasteiger partial charge in [-0.1, -0.05) is 12.1 Å². The van der Waals surface area contributed by atoms with Crippen molar-refractivity contribution in [3.8, 4) is 0 Å². The van der Waals surface area contributed by atoms with Crippen LogP contribution in [0.5, 0.6) is 0 Å². The minimum Gasteiger partial charge on any atom is -0.351 e. The highest BCUT2D eigenvalue weighted by molar-refractivity contribution is 6.39. The smallest absolute Gasteiger partial charge is 0.335 e. The molecule has 2 heterocycles. The minimum atomic E-state index is -0.731. The summed E-state index contributed by atoms with van der Waals surface area (Å²) in [5, 5.41) is 2.26. The molecular weight excluding hydrogens is 330 g/mol. The Morgan fingerprint density at radius 2 is 1.81 bits per heavy atom. The topological polar surface area (TPSA) is 71.4 Å². The van der Waals surface area contributed by atoms with Gasteiger partial charge in [-0.15, -0.1) is 0 Å². The molecule has 3 rings (SSSR count). The summed E-state index contributed by atoms with van der Waals surface area (Å²) < 4.78 is 1.98. The van der Waals surface area contributed by atoms with E-state index in [-0.39, 0.29) is 11.6 Å². The molecule has 6 heteroatoms. The number of anilines is 1. The summed E-state index contributed by atoms with van der Waals surface area (Å²) in [6, 6.07) is 6.74. The number of amides is 4. The Morgan fingerprint density at radius 3 is 2.46 bits per heavy atom. The molecule has 6 nitrogen and oxygen atoms in total. The van der Waals surface area contributed by atoms with Crippen molar-refractivity contribution in [2.75, 3.05) is 4.90 Å². The van der Waals surface area contributed by atoms with Crippen LogP contribution >= 0.6 is 0 Å². The first-order chi connectivity index (χ1) is 12.3. The number of hydrogen-bond donors (Lipinski definition) is 1. The summed E-state index contributed by atoms with van der Waals surface area (Å²) in [6.45, 7) is 7.82. The normalized spacial score (nSPS) is 16.6. The third-order valence-corrected chi connectivity index (χ3v) is 4.56. The number of barbiturate groups is 1. The second-order valence-corrected chi connectivity index (χ2v) is 6.66. The maximum Gasteiger partial charge on any atom is 0.335 e. The molecule has 1 fully saturated rings. The second-order valence-electron chi connectivity index (χ2n) is 6.66. The van der Waals surface area contributed by atoms with Crippen LogP contribution in [0.1, 0.15) is 36.6 Å². The van der Waals surface area contributed by atoms with Gasteiger partial charge in [0, 0.05) is 18.4 Å². The largest absolute Gasteiger partial charge is 0.351 e. The Labute approximate surface area is 152 Å². The molecule has 1 aliphatic rings. The first-order valence-corrected chi connectivity index (χ1v) is 8.44. The van der Waals surface area contributed by atoms with Crippen LogP contribution in [-0.2, 0) is 9.59 Å². The van der Waals surface area contributed by atoms with Crippen LogP contribution in [-0.4, -0.2) is 22.4 Å². The summed E-state index contributed by atoms with van der Waals surface area (Å²) in [4.78, 5) is 38.5. The summed E-state index contributed by atoms with van der Waals surface area (Å²) in [5.41, 5.74) is 2.92. The van der Waals surface area contributed by atoms with Crippen LogP contribution in [0.4, 0.5) is 10.5 Å². The van der Waals surface area contributed by atoms with Gasteiger partial charge in [0.05, 0.1) is 5.69 Å². The van der Waals surface area contributed by atoms with Crippen LogP contribution in [0.2, 0.25) is 0 Å². The van der Waals surface area contributed by atoms with Gasteiger partial charge in [0.15, 0.2) is 0 Å². The Bertz CT molecular complexity index is 938. The maximum absolute atomic E-state index is 12.9. The van der Waals surface area contributed by atoms with E-state index in [1.54, 1.807) is 12.1 Å². The lowest BCUT2D eigenvalue weighted by molar-refractivity contribution is -0.122. The number of nitrogens with one attached hydrogen (secondary N) is 1. The highest BCUT2D eigenvalue weighted by Gasteiger charge is 2.37. The highest BCUT2D eigenvalue weighted by atomic mass is 16.2. The van der Waals surface area contributed by atoms with Gasteiger partial charge in [-0.2, -0.15) is 0 Å². The van der Waals surface area contributed by atoms with Gasteiger partial charge in [0.25, 0.3) is 11.8 Å². The average molecular weight is 351 g/mol. The van der Waals surface area contributed by atoms with E-state index in [0.717, 1.165) is 21.6 Å². The number of urea groups is 1. The molecule has 0 bridgehead atoms. The zero-order chi connectivity index (χ0) is 19.0. The molecule has 0 saturated carbocycles. The quantitative estimate of drug-likeness (QED) is 0.681. The summed E-state index contributed by atoms with van der Waals surface area (Å²) >= 11 is 0. The monoisotopic (exact) mass is 351 g/mol. The summed E-state index contributed by atoms with van der Waals surface area (Å²) in [5.74, 6) is -1.30. The van der Waals surface area contributed by atoms with Gasteiger partial charge in [-0.25, -0.2) is 9.69 Å². The molecule has 1 aromatic carbocycles. The molecule has 0 unspecified atom stereocenters. The molecule has 1 saturated heterocycles. The number of rotatable bonds is 3. The van der Waals surface area contributed by atoms with Crippen molar-refractivity contribution in [3.05, 3.63) is 58.9 Å². The lowest BCUT2D eigenvalue weighted by Gasteiger charge is -2.28. The Hall–Kier alpha value is -3.15. The zero-order valence-corrected chi connectivity index (χ0v) is 15.2. The number of nitrogens with zero attached hydrogens (tertiary/aromatic N) is 2. The first kappa shape index (κ1) is 17.7. The number of aromatic nitrogens is 1. The Morgan fingerprint density at radius 1 is 1.08 bits per heavy atom. The SMILES string of the molecule is Cc1cccc(N2C(=O)NC(=O)/C(=C/c3ccn(C(C)C)c3)C2=O)c1C. The molecule has 26 heavy (non-hydrogen) atoms. The second kappa shape index (κ2) is 6.63. The predicted octanol–water partition coefficient (Wildman–Crippen LogP) is 3.35. The molecule has 134 valence electrons. The lowest BCUT2D eigenvalue weighted by atomic mass is 10.0. The van der Waals surface area contributed by atoms with E-state index in [2.05, 4.69) is 5.32 Å². The zero-order valence-electron chi connectivity index (χ0n) is 15.2. The van der Waals surface area contributed by atoms with E-state index in [4.69, 9.17) is 0 Å². The average Bonchev–Trinajstić information content (AvgIpc) is 3.04.